The van der Waals surface area contributed by atoms with Gasteiger partial charge < -0.3 is 72.6 Å². The minimum absolute atomic E-state index is 0.00844. The number of benzene rings is 6. The molecule has 33 nitrogen and oxygen atoms in total. The number of carbonyl (C=O) groups is 13. The molecular formula is C111H153N7O26S2. The van der Waals surface area contributed by atoms with Crippen LogP contribution in [0, 0.1) is 59.2 Å². The topological polar surface area (TPSA) is 468 Å². The van der Waals surface area contributed by atoms with E-state index in [0.29, 0.717) is 169 Å². The predicted molar refractivity (Wildman–Crippen MR) is 550 cm³/mol. The first kappa shape index (κ1) is 122. The summed E-state index contributed by atoms with van der Waals surface area (Å²) in [4.78, 5) is 185. The van der Waals surface area contributed by atoms with Gasteiger partial charge in [-0.15, -0.1) is 0 Å². The zero-order valence-corrected chi connectivity index (χ0v) is 89.5. The lowest BCUT2D eigenvalue weighted by Gasteiger charge is -2.41. The lowest BCUT2D eigenvalue weighted by molar-refractivity contribution is -0.940. The maximum atomic E-state index is 14.6. The number of ether oxygens (including phenoxy) is 6. The Hall–Kier alpha value is -11.1. The summed E-state index contributed by atoms with van der Waals surface area (Å²) in [5.41, 5.74) is 4.37. The third-order valence-electron chi connectivity index (χ3n) is 25.8. The summed E-state index contributed by atoms with van der Waals surface area (Å²) in [5, 5.41) is 16.1. The van der Waals surface area contributed by atoms with E-state index in [9.17, 15) is 62.3 Å². The Morgan fingerprint density at radius 2 is 0.712 bits per heavy atom. The lowest BCUT2D eigenvalue weighted by atomic mass is 9.87. The number of rotatable bonds is 55. The number of quaternary nitrogens is 2. The molecule has 4 N–H and O–H groups in total. The van der Waals surface area contributed by atoms with Crippen LogP contribution in [-0.2, 0) is 140 Å². The third kappa shape index (κ3) is 44.1. The summed E-state index contributed by atoms with van der Waals surface area (Å²) in [5.74, 6) is -6.66. The van der Waals surface area contributed by atoms with Crippen LogP contribution in [0.3, 0.4) is 0 Å². The first-order chi connectivity index (χ1) is 68.8. The van der Waals surface area contributed by atoms with E-state index in [1.165, 1.54) is 13.3 Å². The Balaban J connectivity index is 0.000000362. The molecule has 146 heavy (non-hydrogen) atoms. The van der Waals surface area contributed by atoms with Crippen LogP contribution in [0.1, 0.15) is 210 Å². The molecule has 0 spiro atoms. The predicted octanol–water partition coefficient (Wildman–Crippen LogP) is 12.2. The summed E-state index contributed by atoms with van der Waals surface area (Å²) >= 11 is 0. The first-order valence-electron chi connectivity index (χ1n) is 50.5. The zero-order chi connectivity index (χ0) is 108. The van der Waals surface area contributed by atoms with Crippen LogP contribution in [0.4, 0.5) is 0 Å². The molecule has 0 radical (unpaired) electrons. The van der Waals surface area contributed by atoms with Crippen molar-refractivity contribution in [3.63, 3.8) is 0 Å². The molecule has 4 saturated heterocycles. The van der Waals surface area contributed by atoms with Gasteiger partial charge in [0.15, 0.2) is 41.0 Å². The van der Waals surface area contributed by atoms with Gasteiger partial charge >= 0.3 is 11.9 Å². The average Bonchev–Trinajstić information content (AvgIpc) is 1.64. The first-order valence-corrected chi connectivity index (χ1v) is 54.1. The van der Waals surface area contributed by atoms with Crippen molar-refractivity contribution in [2.24, 2.45) is 64.3 Å². The summed E-state index contributed by atoms with van der Waals surface area (Å²) < 4.78 is 88.8. The number of nitrogens with one attached hydrogen (secondary N) is 4. The van der Waals surface area contributed by atoms with Gasteiger partial charge in [0.25, 0.3) is 0 Å². The molecule has 6 aromatic carbocycles. The molecule has 6 aromatic rings. The van der Waals surface area contributed by atoms with Gasteiger partial charge in [0, 0.05) is 78.6 Å². The molecule has 0 aromatic heterocycles. The van der Waals surface area contributed by atoms with Gasteiger partial charge in [-0.25, -0.2) is 16.8 Å². The number of aldehydes is 1. The van der Waals surface area contributed by atoms with Gasteiger partial charge in [-0.3, -0.25) is 62.3 Å². The van der Waals surface area contributed by atoms with Gasteiger partial charge in [-0.1, -0.05) is 210 Å². The number of ketones is 6. The minimum atomic E-state index is -3.92. The number of esters is 2. The molecule has 800 valence electrons. The Bertz CT molecular complexity index is 5520. The number of morpholine rings is 2. The quantitative estimate of drug-likeness (QED) is 0.00403. The molecule has 4 aliphatic rings. The van der Waals surface area contributed by atoms with Crippen LogP contribution in [0.2, 0.25) is 0 Å². The molecule has 35 heteroatoms. The largest absolute Gasteiger partial charge is 0.748 e. The van der Waals surface area contributed by atoms with Crippen LogP contribution in [0.25, 0.3) is 0 Å². The Morgan fingerprint density at radius 3 is 1.01 bits per heavy atom. The standard InChI is InChI=1S/C55H74N4O10.C54H71N3O10.2CH4O3S/c1-37(2)27-47(49(61)32-44(29-41-17-13-10-14-18-41)53(64)58-48(28-38(3)4)51(62)55(7)36-68-55)57-52(63)43(21-19-40-15-11-9-12-16-40)31-46(60)35-59(23-25-67-26-24-59)34-42-20-22-50(69-54(65)39(5)6)45(30-42)33-56-66-8;1-36(2)26-46(48(60)31-43(28-40-16-12-9-13-17-40)52(63)56-47(27-37(3)4)50(61)54(7)35-66-54)55-51(62)42(20-18-39-14-10-8-11-15-39)30-45(59)33-57(22-24-65-25-23-57)32-41-19-21-49(44(29-41)34-58)67-53(64)38(5)6;2*1-5(2,3)4/h9-18,20,22,30,33,37-39,43-44,47-48H,19,21,23-29,31-32,34-36H2,1-8H3,(H-,57,58,63,64);8-17,19,21,29,34,36-38,42-43,46-47H,18,20,22-28,30-33,35H2,1-7H3,(H-,55,56,62,63);2*1H3,(H,2,3,4)/b56-33+;;;/t43-,44-,47+,48+,55-;42-,43-,46+,47+,54-;;/m11../s1. The van der Waals surface area contributed by atoms with Gasteiger partial charge in [0.2, 0.25) is 23.6 Å². The van der Waals surface area contributed by atoms with Crippen molar-refractivity contribution in [3.8, 4) is 11.5 Å². The summed E-state index contributed by atoms with van der Waals surface area (Å²) in [6, 6.07) is 45.6. The highest BCUT2D eigenvalue weighted by Gasteiger charge is 2.52. The van der Waals surface area contributed by atoms with Gasteiger partial charge in [-0.2, -0.15) is 0 Å². The molecule has 4 heterocycles. The number of hydrogen-bond donors (Lipinski definition) is 4. The van der Waals surface area contributed by atoms with E-state index in [1.807, 2.05) is 189 Å². The second-order valence-corrected chi connectivity index (χ2v) is 44.7. The van der Waals surface area contributed by atoms with Crippen LogP contribution in [-0.4, -0.2) is 252 Å². The van der Waals surface area contributed by atoms with Gasteiger partial charge in [0.05, 0.1) is 108 Å². The maximum Gasteiger partial charge on any atom is 0.313 e. The highest BCUT2D eigenvalue weighted by Crippen LogP contribution is 2.35. The van der Waals surface area contributed by atoms with E-state index >= 15 is 0 Å². The highest BCUT2D eigenvalue weighted by molar-refractivity contribution is 7.85. The molecule has 0 aliphatic carbocycles. The number of carbonyl (C=O) groups excluding carboxylic acids is 13. The van der Waals surface area contributed by atoms with Crippen molar-refractivity contribution in [1.29, 1.82) is 0 Å². The second-order valence-electron chi connectivity index (χ2n) is 41.8. The lowest BCUT2D eigenvalue weighted by Crippen LogP contribution is -2.57. The fourth-order valence-corrected chi connectivity index (χ4v) is 17.7. The monoisotopic (exact) mass is 2060 g/mol. The zero-order valence-electron chi connectivity index (χ0n) is 87.8. The van der Waals surface area contributed by atoms with Crippen molar-refractivity contribution in [3.05, 3.63) is 202 Å². The molecule has 4 fully saturated rings. The van der Waals surface area contributed by atoms with E-state index in [1.54, 1.807) is 65.8 Å². The average molecular weight is 2070 g/mol. The van der Waals surface area contributed by atoms with Gasteiger partial charge in [0.1, 0.15) is 82.2 Å². The third-order valence-corrected chi connectivity index (χ3v) is 25.8. The number of oxime groups is 1. The van der Waals surface area contributed by atoms with Crippen molar-refractivity contribution in [1.82, 2.24) is 21.3 Å². The Morgan fingerprint density at radius 1 is 0.418 bits per heavy atom. The normalized spacial score (nSPS) is 17.9. The van der Waals surface area contributed by atoms with E-state index in [2.05, 4.69) is 26.4 Å². The smallest absolute Gasteiger partial charge is 0.313 e. The van der Waals surface area contributed by atoms with Gasteiger partial charge in [-0.05, 0) is 160 Å². The Labute approximate surface area is 861 Å². The number of epoxide rings is 2. The second kappa shape index (κ2) is 58.6. The van der Waals surface area contributed by atoms with Crippen LogP contribution in [0.5, 0.6) is 11.5 Å². The molecule has 10 atom stereocenters. The van der Waals surface area contributed by atoms with Crippen molar-refractivity contribution < 1.29 is 130 Å². The van der Waals surface area contributed by atoms with Crippen molar-refractivity contribution in [2.45, 2.75) is 235 Å². The molecule has 0 unspecified atom stereocenters. The Kier molecular flexibility index (Phi) is 48.9. The molecule has 0 saturated carbocycles. The molecule has 0 bridgehead atoms. The molecule has 4 amide bonds. The van der Waals surface area contributed by atoms with E-state index in [-0.39, 0.29) is 145 Å². The number of Topliss-reactive ketones (excluding diaryl/α,β-unsaturated/α-hetero) is 6. The summed E-state index contributed by atoms with van der Waals surface area (Å²) in [6.07, 6.45) is 6.76. The van der Waals surface area contributed by atoms with E-state index in [0.717, 1.165) is 33.4 Å². The van der Waals surface area contributed by atoms with E-state index in [4.69, 9.17) is 59.2 Å². The van der Waals surface area contributed by atoms with Crippen LogP contribution in [0.15, 0.2) is 163 Å². The van der Waals surface area contributed by atoms with Crippen molar-refractivity contribution >= 4 is 103 Å². The van der Waals surface area contributed by atoms with E-state index < -0.39 is 103 Å². The van der Waals surface area contributed by atoms with Crippen LogP contribution >= 0.6 is 0 Å². The molecular weight excluding hydrogens is 1910 g/mol. The summed E-state index contributed by atoms with van der Waals surface area (Å²) in [6.45, 7) is 32.0. The molecule has 10 rings (SSSR count). The van der Waals surface area contributed by atoms with Crippen LogP contribution < -0.4 is 30.7 Å². The summed E-state index contributed by atoms with van der Waals surface area (Å²) in [7, 11) is -6.40. The number of aryl methyl sites for hydroxylation is 2. The number of nitrogens with zero attached hydrogens (tertiary/aromatic N) is 3. The minimum Gasteiger partial charge on any atom is -0.748 e. The SMILES string of the molecule is CC(C)C[C@H](NC(=O)[C@H](CCc1ccccc1)CC(=O)C[N+]1(Cc2ccc(OC(=O)C(C)C)c(C=O)c2)CCOCC1)C(=O)C[C@@H](Cc1ccccc1)C(=O)N[C@@H](CC(C)C)C(=O)[C@@]1(C)CO1.CO/N=C/c1cc(C[N+]2(CC(=O)C[C@@H](CCc3ccccc3)C(=O)N[C@@H](CC(C)C)C(=O)C[C@@H](Cc3ccccc3)C(=O)N[C@@H](CC(C)C)C(=O)[C@@]3(C)CO3)CCOCC2)ccc1OC(=O)C(C)C.CS(=O)(=O)[O-].CS(=O)(=O)[O-]. The molecule has 4 aliphatic heterocycles. The number of amides is 4. The highest BCUT2D eigenvalue weighted by atomic mass is 32.2. The maximum absolute atomic E-state index is 14.6. The van der Waals surface area contributed by atoms with Crippen molar-refractivity contribution in [2.75, 3.05) is 98.5 Å². The fraction of sp³-hybridized carbons (Fsp3) is 0.550. The number of hydrogen-bond acceptors (Lipinski definition) is 27. The fourth-order valence-electron chi connectivity index (χ4n) is 17.7.